The van der Waals surface area contributed by atoms with Crippen LogP contribution >= 0.6 is 0 Å². The fraction of sp³-hybridized carbons (Fsp3) is 0.0667. The largest absolute Gasteiger partial charge is 0.497 e. The first-order chi connectivity index (χ1) is 8.22. The van der Waals surface area contributed by atoms with Crippen LogP contribution in [0.5, 0.6) is 5.75 Å². The lowest BCUT2D eigenvalue weighted by atomic mass is 9.99. The van der Waals surface area contributed by atoms with Gasteiger partial charge in [0, 0.05) is 5.56 Å². The van der Waals surface area contributed by atoms with Crippen LogP contribution in [0.3, 0.4) is 0 Å². The molecule has 2 aromatic rings. The Morgan fingerprint density at radius 3 is 2.29 bits per heavy atom. The van der Waals surface area contributed by atoms with Crippen LogP contribution in [-0.2, 0) is 0 Å². The number of hydrogen-bond donors (Lipinski definition) is 0. The Morgan fingerprint density at radius 1 is 1.06 bits per heavy atom. The molecule has 0 atom stereocenters. The number of halogens is 1. The van der Waals surface area contributed by atoms with Gasteiger partial charge in [0.15, 0.2) is 0 Å². The molecule has 0 aliphatic rings. The van der Waals surface area contributed by atoms with Gasteiger partial charge in [0.2, 0.25) is 0 Å². The number of ether oxygens (including phenoxy) is 1. The normalized spacial score (nSPS) is 10.0. The van der Waals surface area contributed by atoms with Gasteiger partial charge in [-0.05, 0) is 23.3 Å². The lowest BCUT2D eigenvalue weighted by molar-refractivity contribution is 0.415. The van der Waals surface area contributed by atoms with Gasteiger partial charge < -0.3 is 4.74 Å². The van der Waals surface area contributed by atoms with E-state index in [9.17, 15) is 4.39 Å². The third-order valence-electron chi connectivity index (χ3n) is 2.62. The fourth-order valence-electron chi connectivity index (χ4n) is 1.74. The van der Waals surface area contributed by atoms with Crippen LogP contribution in [0.4, 0.5) is 4.39 Å². The molecule has 2 heteroatoms. The Hall–Kier alpha value is -2.09. The number of hydrogen-bond acceptors (Lipinski definition) is 1. The van der Waals surface area contributed by atoms with Crippen LogP contribution in [0.1, 0.15) is 5.56 Å². The molecule has 0 unspecified atom stereocenters. The molecular weight excluding hydrogens is 215 g/mol. The van der Waals surface area contributed by atoms with Crippen molar-refractivity contribution in [3.8, 4) is 16.9 Å². The van der Waals surface area contributed by atoms with Crippen LogP contribution < -0.4 is 4.74 Å². The summed E-state index contributed by atoms with van der Waals surface area (Å²) >= 11 is 0. The Kier molecular flexibility index (Phi) is 3.24. The third-order valence-corrected chi connectivity index (χ3v) is 2.62. The van der Waals surface area contributed by atoms with E-state index in [1.807, 2.05) is 36.4 Å². The summed E-state index contributed by atoms with van der Waals surface area (Å²) in [5.74, 6) is 0.363. The molecule has 86 valence electrons. The van der Waals surface area contributed by atoms with Gasteiger partial charge in [0.1, 0.15) is 11.6 Å². The van der Waals surface area contributed by atoms with E-state index in [0.717, 1.165) is 16.9 Å². The van der Waals surface area contributed by atoms with Gasteiger partial charge in [0.05, 0.1) is 7.11 Å². The molecule has 0 spiro atoms. The van der Waals surface area contributed by atoms with Gasteiger partial charge in [-0.1, -0.05) is 43.0 Å². The minimum atomic E-state index is -0.420. The van der Waals surface area contributed by atoms with Crippen LogP contribution in [0.2, 0.25) is 0 Å². The zero-order valence-electron chi connectivity index (χ0n) is 9.61. The van der Waals surface area contributed by atoms with E-state index in [1.54, 1.807) is 19.2 Å². The number of rotatable bonds is 3. The van der Waals surface area contributed by atoms with E-state index in [4.69, 9.17) is 4.74 Å². The van der Waals surface area contributed by atoms with Gasteiger partial charge in [-0.15, -0.1) is 0 Å². The van der Waals surface area contributed by atoms with Gasteiger partial charge >= 0.3 is 0 Å². The maximum atomic E-state index is 13.3. The summed E-state index contributed by atoms with van der Waals surface area (Å²) in [4.78, 5) is 0. The molecule has 0 radical (unpaired) electrons. The summed E-state index contributed by atoms with van der Waals surface area (Å²) in [6.45, 7) is 3.35. The summed E-state index contributed by atoms with van der Waals surface area (Å²) in [6, 6.07) is 14.8. The van der Waals surface area contributed by atoms with E-state index >= 15 is 0 Å². The SMILES string of the molecule is C=C(F)c1ccccc1-c1ccc(OC)cc1. The second kappa shape index (κ2) is 4.83. The van der Waals surface area contributed by atoms with E-state index < -0.39 is 5.83 Å². The second-order valence-corrected chi connectivity index (χ2v) is 3.68. The number of methoxy groups -OCH3 is 1. The van der Waals surface area contributed by atoms with E-state index in [-0.39, 0.29) is 0 Å². The molecule has 0 bridgehead atoms. The van der Waals surface area contributed by atoms with Crippen LogP contribution in [0.25, 0.3) is 17.0 Å². The van der Waals surface area contributed by atoms with Gasteiger partial charge in [-0.25, -0.2) is 4.39 Å². The standard InChI is InChI=1S/C15H13FO/c1-11(16)14-5-3-4-6-15(14)12-7-9-13(17-2)10-8-12/h3-10H,1H2,2H3. The Morgan fingerprint density at radius 2 is 1.71 bits per heavy atom. The van der Waals surface area contributed by atoms with Crippen LogP contribution in [0.15, 0.2) is 55.1 Å². The monoisotopic (exact) mass is 228 g/mol. The van der Waals surface area contributed by atoms with Crippen molar-refractivity contribution in [2.24, 2.45) is 0 Å². The van der Waals surface area contributed by atoms with Crippen molar-refractivity contribution in [3.05, 3.63) is 60.7 Å². The van der Waals surface area contributed by atoms with Crippen molar-refractivity contribution in [1.29, 1.82) is 0 Å². The van der Waals surface area contributed by atoms with Gasteiger partial charge in [-0.3, -0.25) is 0 Å². The lowest BCUT2D eigenvalue weighted by Crippen LogP contribution is -1.86. The fourth-order valence-corrected chi connectivity index (χ4v) is 1.74. The molecule has 0 amide bonds. The highest BCUT2D eigenvalue weighted by atomic mass is 19.1. The first-order valence-corrected chi connectivity index (χ1v) is 5.30. The van der Waals surface area contributed by atoms with Crippen LogP contribution in [0, 0.1) is 0 Å². The highest BCUT2D eigenvalue weighted by Crippen LogP contribution is 2.29. The predicted molar refractivity (Wildman–Crippen MR) is 68.6 cm³/mol. The van der Waals surface area contributed by atoms with Crippen LogP contribution in [-0.4, -0.2) is 7.11 Å². The Labute approximate surface area is 100 Å². The molecule has 0 aliphatic carbocycles. The van der Waals surface area contributed by atoms with E-state index in [1.165, 1.54) is 0 Å². The first-order valence-electron chi connectivity index (χ1n) is 5.30. The highest BCUT2D eigenvalue weighted by molar-refractivity contribution is 5.78. The summed E-state index contributed by atoms with van der Waals surface area (Å²) in [7, 11) is 1.62. The zero-order valence-corrected chi connectivity index (χ0v) is 9.61. The molecule has 1 nitrogen and oxygen atoms in total. The van der Waals surface area contributed by atoms with Crippen molar-refractivity contribution in [2.45, 2.75) is 0 Å². The second-order valence-electron chi connectivity index (χ2n) is 3.68. The summed E-state index contributed by atoms with van der Waals surface area (Å²) in [6.07, 6.45) is 0. The van der Waals surface area contributed by atoms with E-state index in [0.29, 0.717) is 5.56 Å². The molecule has 0 aromatic heterocycles. The average molecular weight is 228 g/mol. The predicted octanol–water partition coefficient (Wildman–Crippen LogP) is 4.30. The molecular formula is C15H13FO. The van der Waals surface area contributed by atoms with Crippen molar-refractivity contribution in [1.82, 2.24) is 0 Å². The van der Waals surface area contributed by atoms with Crippen molar-refractivity contribution in [2.75, 3.05) is 7.11 Å². The maximum absolute atomic E-state index is 13.3. The molecule has 2 rings (SSSR count). The molecule has 2 aromatic carbocycles. The highest BCUT2D eigenvalue weighted by Gasteiger charge is 2.06. The maximum Gasteiger partial charge on any atom is 0.123 e. The molecule has 0 fully saturated rings. The quantitative estimate of drug-likeness (QED) is 0.761. The Balaban J connectivity index is 2.48. The lowest BCUT2D eigenvalue weighted by Gasteiger charge is -2.08. The topological polar surface area (TPSA) is 9.23 Å². The molecule has 0 saturated heterocycles. The van der Waals surface area contributed by atoms with E-state index in [2.05, 4.69) is 6.58 Å². The molecule has 0 heterocycles. The number of benzene rings is 2. The minimum absolute atomic E-state index is 0.420. The van der Waals surface area contributed by atoms with Crippen molar-refractivity contribution in [3.63, 3.8) is 0 Å². The smallest absolute Gasteiger partial charge is 0.123 e. The molecule has 0 aliphatic heterocycles. The Bertz CT molecular complexity index is 529. The third kappa shape index (κ3) is 2.36. The summed E-state index contributed by atoms with van der Waals surface area (Å²) in [5.41, 5.74) is 2.31. The average Bonchev–Trinajstić information content (AvgIpc) is 2.39. The summed E-state index contributed by atoms with van der Waals surface area (Å²) < 4.78 is 18.4. The van der Waals surface area contributed by atoms with Crippen molar-refractivity contribution >= 4 is 5.83 Å². The summed E-state index contributed by atoms with van der Waals surface area (Å²) in [5, 5.41) is 0. The minimum Gasteiger partial charge on any atom is -0.497 e. The van der Waals surface area contributed by atoms with Gasteiger partial charge in [-0.2, -0.15) is 0 Å². The van der Waals surface area contributed by atoms with Gasteiger partial charge in [0.25, 0.3) is 0 Å². The zero-order chi connectivity index (χ0) is 12.3. The molecule has 17 heavy (non-hydrogen) atoms. The van der Waals surface area contributed by atoms with Crippen molar-refractivity contribution < 1.29 is 9.13 Å². The molecule has 0 N–H and O–H groups in total. The molecule has 0 saturated carbocycles. The first kappa shape index (κ1) is 11.4.